The number of benzene rings is 2. The summed E-state index contributed by atoms with van der Waals surface area (Å²) in [5.74, 6) is -1.90. The summed E-state index contributed by atoms with van der Waals surface area (Å²) in [5, 5.41) is 13.4. The SMILES string of the molecule is C=C1CC(c2ccc(CNC(=O)c3cc(C(=O)NCc4ccc5oc(=O)n(C)c5c4)nc4c(F)cnn34)cc2)=NO1. The summed E-state index contributed by atoms with van der Waals surface area (Å²) in [6, 6.07) is 13.7. The maximum absolute atomic E-state index is 14.4. The summed E-state index contributed by atoms with van der Waals surface area (Å²) < 4.78 is 22.0. The predicted molar refractivity (Wildman–Crippen MR) is 145 cm³/mol. The fourth-order valence-electron chi connectivity index (χ4n) is 4.38. The van der Waals surface area contributed by atoms with Gasteiger partial charge in [-0.05, 0) is 28.8 Å². The first kappa shape index (κ1) is 25.7. The van der Waals surface area contributed by atoms with Crippen LogP contribution in [0.2, 0.25) is 0 Å². The van der Waals surface area contributed by atoms with Crippen LogP contribution in [-0.4, -0.2) is 36.7 Å². The van der Waals surface area contributed by atoms with Crippen molar-refractivity contribution in [3.63, 3.8) is 0 Å². The third kappa shape index (κ3) is 4.95. The summed E-state index contributed by atoms with van der Waals surface area (Å²) >= 11 is 0. The Labute approximate surface area is 230 Å². The van der Waals surface area contributed by atoms with Crippen LogP contribution in [0.4, 0.5) is 4.39 Å². The molecule has 206 valence electrons. The van der Waals surface area contributed by atoms with E-state index in [-0.39, 0.29) is 30.1 Å². The van der Waals surface area contributed by atoms with Crippen molar-refractivity contribution in [2.45, 2.75) is 19.5 Å². The second kappa shape index (κ2) is 10.2. The van der Waals surface area contributed by atoms with E-state index < -0.39 is 23.4 Å². The molecule has 1 aliphatic rings. The molecule has 2 amide bonds. The fraction of sp³-hybridized carbons (Fsp3) is 0.143. The zero-order valence-electron chi connectivity index (χ0n) is 21.7. The van der Waals surface area contributed by atoms with Gasteiger partial charge in [-0.25, -0.2) is 18.7 Å². The Kier molecular flexibility index (Phi) is 6.38. The zero-order chi connectivity index (χ0) is 28.7. The van der Waals surface area contributed by atoms with Gasteiger partial charge in [0.2, 0.25) is 0 Å². The Morgan fingerprint density at radius 2 is 1.78 bits per heavy atom. The second-order valence-corrected chi connectivity index (χ2v) is 9.39. The number of aromatic nitrogens is 4. The van der Waals surface area contributed by atoms with Gasteiger partial charge in [0.25, 0.3) is 11.8 Å². The summed E-state index contributed by atoms with van der Waals surface area (Å²) in [4.78, 5) is 47.0. The normalized spacial score (nSPS) is 12.9. The third-order valence-corrected chi connectivity index (χ3v) is 6.59. The Bertz CT molecular complexity index is 1950. The molecule has 5 aromatic rings. The van der Waals surface area contributed by atoms with Crippen molar-refractivity contribution in [2.24, 2.45) is 12.2 Å². The second-order valence-electron chi connectivity index (χ2n) is 9.39. The molecule has 3 aromatic heterocycles. The number of carbonyl (C=O) groups is 2. The minimum atomic E-state index is -0.780. The van der Waals surface area contributed by atoms with Gasteiger partial charge in [-0.2, -0.15) is 5.10 Å². The highest BCUT2D eigenvalue weighted by Crippen LogP contribution is 2.19. The highest BCUT2D eigenvalue weighted by molar-refractivity contribution is 6.02. The van der Waals surface area contributed by atoms with Crippen LogP contribution in [0.1, 0.15) is 44.1 Å². The molecule has 4 heterocycles. The highest BCUT2D eigenvalue weighted by atomic mass is 19.1. The van der Waals surface area contributed by atoms with Crippen LogP contribution in [0, 0.1) is 5.82 Å². The van der Waals surface area contributed by atoms with E-state index in [1.165, 1.54) is 10.6 Å². The van der Waals surface area contributed by atoms with E-state index in [1.54, 1.807) is 25.2 Å². The van der Waals surface area contributed by atoms with Gasteiger partial charge < -0.3 is 19.9 Å². The molecule has 0 radical (unpaired) electrons. The Morgan fingerprint density at radius 1 is 1.05 bits per heavy atom. The molecule has 12 nitrogen and oxygen atoms in total. The number of nitrogens with one attached hydrogen (secondary N) is 2. The molecule has 0 saturated carbocycles. The van der Waals surface area contributed by atoms with Crippen molar-refractivity contribution in [1.29, 1.82) is 0 Å². The fourth-order valence-corrected chi connectivity index (χ4v) is 4.38. The molecule has 1 aliphatic heterocycles. The molecule has 41 heavy (non-hydrogen) atoms. The van der Waals surface area contributed by atoms with Crippen LogP contribution >= 0.6 is 0 Å². The number of fused-ring (bicyclic) bond motifs is 2. The van der Waals surface area contributed by atoms with Gasteiger partial charge in [-0.1, -0.05) is 42.1 Å². The first-order chi connectivity index (χ1) is 19.8. The van der Waals surface area contributed by atoms with Crippen molar-refractivity contribution in [3.05, 3.63) is 112 Å². The number of allylic oxidation sites excluding steroid dienone is 1. The lowest BCUT2D eigenvalue weighted by Gasteiger charge is -2.10. The van der Waals surface area contributed by atoms with Crippen molar-refractivity contribution in [1.82, 2.24) is 29.8 Å². The predicted octanol–water partition coefficient (Wildman–Crippen LogP) is 2.81. The maximum Gasteiger partial charge on any atom is 0.419 e. The molecule has 0 atom stereocenters. The number of carbonyl (C=O) groups excluding carboxylic acids is 2. The lowest BCUT2D eigenvalue weighted by Crippen LogP contribution is -2.28. The van der Waals surface area contributed by atoms with Gasteiger partial charge in [0.15, 0.2) is 17.0 Å². The number of hydrogen-bond donors (Lipinski definition) is 2. The maximum atomic E-state index is 14.4. The van der Waals surface area contributed by atoms with E-state index >= 15 is 0 Å². The first-order valence-corrected chi connectivity index (χ1v) is 12.5. The van der Waals surface area contributed by atoms with Gasteiger partial charge in [-0.15, -0.1) is 0 Å². The lowest BCUT2D eigenvalue weighted by atomic mass is 10.1. The molecule has 2 N–H and O–H groups in total. The van der Waals surface area contributed by atoms with Crippen molar-refractivity contribution < 1.29 is 23.2 Å². The molecule has 6 rings (SSSR count). The van der Waals surface area contributed by atoms with Crippen LogP contribution in [0.15, 0.2) is 81.4 Å². The minimum Gasteiger partial charge on any atom is -0.408 e. The van der Waals surface area contributed by atoms with Crippen LogP contribution in [0.25, 0.3) is 16.7 Å². The van der Waals surface area contributed by atoms with E-state index in [0.29, 0.717) is 28.8 Å². The average Bonchev–Trinajstić information content (AvgIpc) is 3.67. The monoisotopic (exact) mass is 555 g/mol. The molecule has 0 unspecified atom stereocenters. The third-order valence-electron chi connectivity index (χ3n) is 6.59. The summed E-state index contributed by atoms with van der Waals surface area (Å²) in [6.07, 6.45) is 1.46. The van der Waals surface area contributed by atoms with E-state index in [2.05, 4.69) is 32.5 Å². The number of aryl methyl sites for hydroxylation is 1. The number of rotatable bonds is 7. The molecule has 0 aliphatic carbocycles. The standard InChI is InChI=1S/C28H22FN7O5/c1-15-9-20(34-41-15)18-6-3-16(4-7-18)12-31-27(38)23-11-21(33-25-19(29)14-32-36(23)25)26(37)30-13-17-5-8-24-22(10-17)35(2)28(39)40-24/h3-8,10-11,14H,1,9,12-13H2,2H3,(H,30,37)(H,31,38). The van der Waals surface area contributed by atoms with Gasteiger partial charge in [0.05, 0.1) is 23.8 Å². The molecule has 0 fully saturated rings. The van der Waals surface area contributed by atoms with Crippen LogP contribution in [-0.2, 0) is 25.0 Å². The molecular weight excluding hydrogens is 533 g/mol. The largest absolute Gasteiger partial charge is 0.419 e. The summed E-state index contributed by atoms with van der Waals surface area (Å²) in [7, 11) is 1.58. The number of halogens is 1. The van der Waals surface area contributed by atoms with E-state index in [4.69, 9.17) is 9.25 Å². The molecule has 2 aromatic carbocycles. The van der Waals surface area contributed by atoms with Crippen LogP contribution < -0.4 is 16.4 Å². The van der Waals surface area contributed by atoms with E-state index in [1.807, 2.05) is 24.3 Å². The highest BCUT2D eigenvalue weighted by Gasteiger charge is 2.20. The number of oxazole rings is 1. The Hall–Kier alpha value is -5.59. The van der Waals surface area contributed by atoms with Crippen molar-refractivity contribution in [2.75, 3.05) is 0 Å². The smallest absolute Gasteiger partial charge is 0.408 e. The summed E-state index contributed by atoms with van der Waals surface area (Å²) in [6.45, 7) is 4.00. The number of amides is 2. The minimum absolute atomic E-state index is 0.0635. The summed E-state index contributed by atoms with van der Waals surface area (Å²) in [5.41, 5.74) is 3.66. The number of oxime groups is 1. The molecule has 0 bridgehead atoms. The zero-order valence-corrected chi connectivity index (χ0v) is 21.7. The van der Waals surface area contributed by atoms with Gasteiger partial charge >= 0.3 is 5.76 Å². The Balaban J connectivity index is 1.17. The number of nitrogens with zero attached hydrogens (tertiary/aromatic N) is 5. The van der Waals surface area contributed by atoms with E-state index in [0.717, 1.165) is 27.6 Å². The lowest BCUT2D eigenvalue weighted by molar-refractivity contribution is 0.0942. The quantitative estimate of drug-likeness (QED) is 0.314. The topological polar surface area (TPSA) is 145 Å². The van der Waals surface area contributed by atoms with E-state index in [9.17, 15) is 18.8 Å². The molecular formula is C28H22FN7O5. The van der Waals surface area contributed by atoms with Gasteiger partial charge in [0.1, 0.15) is 17.1 Å². The van der Waals surface area contributed by atoms with Crippen LogP contribution in [0.5, 0.6) is 0 Å². The Morgan fingerprint density at radius 3 is 2.54 bits per heavy atom. The number of hydrogen-bond acceptors (Lipinski definition) is 8. The van der Waals surface area contributed by atoms with Crippen molar-refractivity contribution in [3.8, 4) is 0 Å². The van der Waals surface area contributed by atoms with Gasteiger partial charge in [0, 0.05) is 26.2 Å². The van der Waals surface area contributed by atoms with Gasteiger partial charge in [-0.3, -0.25) is 14.2 Å². The molecule has 0 saturated heterocycles. The van der Waals surface area contributed by atoms with Crippen molar-refractivity contribution >= 4 is 34.3 Å². The molecule has 0 spiro atoms. The molecule has 13 heteroatoms. The first-order valence-electron chi connectivity index (χ1n) is 12.5. The average molecular weight is 556 g/mol. The van der Waals surface area contributed by atoms with Crippen LogP contribution in [0.3, 0.4) is 0 Å².